The van der Waals surface area contributed by atoms with E-state index in [1.807, 2.05) is 13.8 Å². The van der Waals surface area contributed by atoms with Crippen molar-refractivity contribution in [2.45, 2.75) is 32.2 Å². The molecule has 0 spiro atoms. The van der Waals surface area contributed by atoms with Crippen LogP contribution < -0.4 is 5.73 Å². The van der Waals surface area contributed by atoms with E-state index in [-0.39, 0.29) is 18.3 Å². The van der Waals surface area contributed by atoms with Gasteiger partial charge in [0.25, 0.3) is 10.2 Å². The minimum Gasteiger partial charge on any atom is -0.374 e. The smallest absolute Gasteiger partial charge is 0.282 e. The van der Waals surface area contributed by atoms with Gasteiger partial charge in [-0.2, -0.15) is 17.0 Å². The van der Waals surface area contributed by atoms with Crippen LogP contribution in [0.5, 0.6) is 0 Å². The fourth-order valence-electron chi connectivity index (χ4n) is 2.53. The molecule has 3 atom stereocenters. The standard InChI is InChI=1S/C11H23N3O4S/c1-9-6-14(7-10(2)18-9)19(15,16)13-3-4-17-11(5-12)8-13/h9-11H,3-8,12H2,1-2H3. The molecule has 0 aromatic carbocycles. The SMILES string of the molecule is CC1CN(S(=O)(=O)N2CCOC(CN)C2)CC(C)O1. The van der Waals surface area contributed by atoms with Crippen LogP contribution >= 0.6 is 0 Å². The fourth-order valence-corrected chi connectivity index (χ4v) is 4.31. The molecular formula is C11H23N3O4S. The van der Waals surface area contributed by atoms with Gasteiger partial charge < -0.3 is 15.2 Å². The van der Waals surface area contributed by atoms with E-state index >= 15 is 0 Å². The number of nitrogens with two attached hydrogens (primary N) is 1. The molecule has 0 radical (unpaired) electrons. The zero-order valence-corrected chi connectivity index (χ0v) is 12.3. The van der Waals surface area contributed by atoms with E-state index in [0.29, 0.717) is 39.3 Å². The zero-order valence-electron chi connectivity index (χ0n) is 11.5. The first-order chi connectivity index (χ1) is 8.93. The van der Waals surface area contributed by atoms with Crippen LogP contribution in [0.2, 0.25) is 0 Å². The summed E-state index contributed by atoms with van der Waals surface area (Å²) in [6, 6.07) is 0. The first-order valence-corrected chi connectivity index (χ1v) is 8.05. The van der Waals surface area contributed by atoms with Gasteiger partial charge in [-0.25, -0.2) is 0 Å². The van der Waals surface area contributed by atoms with E-state index in [1.165, 1.54) is 8.61 Å². The molecule has 2 fully saturated rings. The van der Waals surface area contributed by atoms with Gasteiger partial charge in [-0.15, -0.1) is 0 Å². The third kappa shape index (κ3) is 3.45. The predicted octanol–water partition coefficient (Wildman–Crippen LogP) is -1.00. The summed E-state index contributed by atoms with van der Waals surface area (Å²) >= 11 is 0. The number of ether oxygens (including phenoxy) is 2. The molecule has 0 aromatic heterocycles. The van der Waals surface area contributed by atoms with E-state index in [9.17, 15) is 8.42 Å². The lowest BCUT2D eigenvalue weighted by Gasteiger charge is -2.39. The number of nitrogens with zero attached hydrogens (tertiary/aromatic N) is 2. The lowest BCUT2D eigenvalue weighted by atomic mass is 10.3. The lowest BCUT2D eigenvalue weighted by molar-refractivity contribution is -0.0478. The summed E-state index contributed by atoms with van der Waals surface area (Å²) in [5.41, 5.74) is 5.55. The van der Waals surface area contributed by atoms with Crippen LogP contribution in [0.3, 0.4) is 0 Å². The minimum absolute atomic E-state index is 0.0788. The number of hydrogen-bond acceptors (Lipinski definition) is 5. The molecule has 0 aliphatic carbocycles. The monoisotopic (exact) mass is 293 g/mol. The van der Waals surface area contributed by atoms with Crippen molar-refractivity contribution in [3.63, 3.8) is 0 Å². The Morgan fingerprint density at radius 3 is 2.37 bits per heavy atom. The van der Waals surface area contributed by atoms with Gasteiger partial charge >= 0.3 is 0 Å². The van der Waals surface area contributed by atoms with Crippen LogP contribution in [0.15, 0.2) is 0 Å². The Labute approximate surface area is 114 Å². The Hall–Kier alpha value is -0.250. The largest absolute Gasteiger partial charge is 0.374 e. The summed E-state index contributed by atoms with van der Waals surface area (Å²) in [7, 11) is -3.44. The Kier molecular flexibility index (Phi) is 4.80. The van der Waals surface area contributed by atoms with Crippen LogP contribution in [0, 0.1) is 0 Å². The highest BCUT2D eigenvalue weighted by atomic mass is 32.2. The van der Waals surface area contributed by atoms with Gasteiger partial charge in [0.15, 0.2) is 0 Å². The van der Waals surface area contributed by atoms with Crippen molar-refractivity contribution in [1.82, 2.24) is 8.61 Å². The highest BCUT2D eigenvalue weighted by molar-refractivity contribution is 7.86. The predicted molar refractivity (Wildman–Crippen MR) is 70.9 cm³/mol. The van der Waals surface area contributed by atoms with E-state index < -0.39 is 10.2 Å². The minimum atomic E-state index is -3.44. The maximum atomic E-state index is 12.6. The van der Waals surface area contributed by atoms with E-state index in [1.54, 1.807) is 0 Å². The Balaban J connectivity index is 2.08. The van der Waals surface area contributed by atoms with Crippen molar-refractivity contribution in [1.29, 1.82) is 0 Å². The molecule has 0 bridgehead atoms. The second-order valence-corrected chi connectivity index (χ2v) is 7.10. The summed E-state index contributed by atoms with van der Waals surface area (Å²) in [5.74, 6) is 0. The quantitative estimate of drug-likeness (QED) is 0.721. The third-order valence-electron chi connectivity index (χ3n) is 3.40. The Bertz CT molecular complexity index is 393. The van der Waals surface area contributed by atoms with Crippen molar-refractivity contribution in [3.8, 4) is 0 Å². The summed E-state index contributed by atoms with van der Waals surface area (Å²) in [6.07, 6.45) is -0.367. The van der Waals surface area contributed by atoms with Crippen LogP contribution in [0.4, 0.5) is 0 Å². The van der Waals surface area contributed by atoms with Crippen molar-refractivity contribution in [2.75, 3.05) is 39.3 Å². The molecule has 2 saturated heterocycles. The average Bonchev–Trinajstić information content (AvgIpc) is 2.37. The normalized spacial score (nSPS) is 35.4. The molecular weight excluding hydrogens is 270 g/mol. The molecule has 19 heavy (non-hydrogen) atoms. The number of morpholine rings is 2. The molecule has 2 aliphatic heterocycles. The molecule has 112 valence electrons. The first kappa shape index (κ1) is 15.1. The van der Waals surface area contributed by atoms with E-state index in [4.69, 9.17) is 15.2 Å². The van der Waals surface area contributed by atoms with Gasteiger partial charge in [0.1, 0.15) is 0 Å². The molecule has 7 nitrogen and oxygen atoms in total. The van der Waals surface area contributed by atoms with Gasteiger partial charge in [-0.1, -0.05) is 0 Å². The molecule has 2 N–H and O–H groups in total. The Morgan fingerprint density at radius 2 is 1.79 bits per heavy atom. The summed E-state index contributed by atoms with van der Waals surface area (Å²) in [5, 5.41) is 0. The van der Waals surface area contributed by atoms with Gasteiger partial charge in [-0.05, 0) is 13.8 Å². The lowest BCUT2D eigenvalue weighted by Crippen LogP contribution is -2.57. The van der Waals surface area contributed by atoms with Crippen LogP contribution in [0.1, 0.15) is 13.8 Å². The van der Waals surface area contributed by atoms with E-state index in [0.717, 1.165) is 0 Å². The Morgan fingerprint density at radius 1 is 1.16 bits per heavy atom. The summed E-state index contributed by atoms with van der Waals surface area (Å²) in [6.45, 7) is 6.03. The maximum absolute atomic E-state index is 12.6. The average molecular weight is 293 g/mol. The van der Waals surface area contributed by atoms with E-state index in [2.05, 4.69) is 0 Å². The van der Waals surface area contributed by atoms with Gasteiger partial charge in [0.2, 0.25) is 0 Å². The molecule has 2 heterocycles. The first-order valence-electron chi connectivity index (χ1n) is 6.66. The fraction of sp³-hybridized carbons (Fsp3) is 1.00. The van der Waals surface area contributed by atoms with Crippen molar-refractivity contribution in [3.05, 3.63) is 0 Å². The maximum Gasteiger partial charge on any atom is 0.282 e. The molecule has 2 aliphatic rings. The summed E-state index contributed by atoms with van der Waals surface area (Å²) < 4.78 is 39.1. The van der Waals surface area contributed by atoms with Crippen LogP contribution in [-0.2, 0) is 19.7 Å². The third-order valence-corrected chi connectivity index (χ3v) is 5.34. The van der Waals surface area contributed by atoms with Crippen molar-refractivity contribution < 1.29 is 17.9 Å². The van der Waals surface area contributed by atoms with Crippen molar-refractivity contribution >= 4 is 10.2 Å². The number of hydrogen-bond donors (Lipinski definition) is 1. The molecule has 0 saturated carbocycles. The second-order valence-electron chi connectivity index (χ2n) is 5.17. The molecule has 0 amide bonds. The van der Waals surface area contributed by atoms with Crippen molar-refractivity contribution in [2.24, 2.45) is 5.73 Å². The summed E-state index contributed by atoms with van der Waals surface area (Å²) in [4.78, 5) is 0. The van der Waals surface area contributed by atoms with Gasteiger partial charge in [0, 0.05) is 32.7 Å². The molecule has 3 unspecified atom stereocenters. The highest BCUT2D eigenvalue weighted by Gasteiger charge is 2.37. The van der Waals surface area contributed by atoms with Crippen LogP contribution in [0.25, 0.3) is 0 Å². The van der Waals surface area contributed by atoms with Crippen LogP contribution in [-0.4, -0.2) is 74.7 Å². The topological polar surface area (TPSA) is 85.1 Å². The zero-order chi connectivity index (χ0) is 14.0. The number of rotatable bonds is 3. The van der Waals surface area contributed by atoms with Gasteiger partial charge in [0.05, 0.1) is 24.9 Å². The van der Waals surface area contributed by atoms with Gasteiger partial charge in [-0.3, -0.25) is 0 Å². The second kappa shape index (κ2) is 6.02. The molecule has 8 heteroatoms. The molecule has 2 rings (SSSR count). The highest BCUT2D eigenvalue weighted by Crippen LogP contribution is 2.19. The molecule has 0 aromatic rings.